The summed E-state index contributed by atoms with van der Waals surface area (Å²) in [6, 6.07) is 1.81. The van der Waals surface area contributed by atoms with Crippen molar-refractivity contribution < 1.29 is 9.90 Å². The van der Waals surface area contributed by atoms with Crippen molar-refractivity contribution in [2.45, 2.75) is 40.7 Å². The van der Waals surface area contributed by atoms with E-state index in [4.69, 9.17) is 5.11 Å². The van der Waals surface area contributed by atoms with Gasteiger partial charge in [-0.05, 0) is 39.7 Å². The summed E-state index contributed by atoms with van der Waals surface area (Å²) >= 11 is 0. The number of aliphatic hydroxyl groups excluding tert-OH is 1. The van der Waals surface area contributed by atoms with Crippen molar-refractivity contribution in [1.82, 2.24) is 19.9 Å². The molecule has 0 fully saturated rings. The van der Waals surface area contributed by atoms with Crippen molar-refractivity contribution >= 4 is 11.6 Å². The first-order valence-electron chi connectivity index (χ1n) is 7.10. The van der Waals surface area contributed by atoms with Crippen LogP contribution in [0.5, 0.6) is 0 Å². The number of rotatable bonds is 4. The highest BCUT2D eigenvalue weighted by Gasteiger charge is 2.22. The fourth-order valence-corrected chi connectivity index (χ4v) is 2.27. The number of carbonyl (C=O) groups excluding carboxylic acids is 1. The summed E-state index contributed by atoms with van der Waals surface area (Å²) in [5.74, 6) is -0.208. The van der Waals surface area contributed by atoms with E-state index >= 15 is 0 Å². The van der Waals surface area contributed by atoms with E-state index in [1.807, 2.05) is 33.8 Å². The standard InChI is InChI=1S/C15H22N4O2/c1-8(7-20)11(4)17-15(21)13-12(5)18-19-10(3)6-9(2)16-14(13)19/h6,8,11,20H,7H2,1-5H3,(H,17,21). The minimum atomic E-state index is -0.201. The Morgan fingerprint density at radius 1 is 1.38 bits per heavy atom. The zero-order valence-corrected chi connectivity index (χ0v) is 13.1. The van der Waals surface area contributed by atoms with Crippen LogP contribution in [0.4, 0.5) is 0 Å². The molecule has 0 saturated carbocycles. The molecule has 0 aliphatic carbocycles. The average Bonchev–Trinajstić information content (AvgIpc) is 2.74. The number of aliphatic hydroxyl groups is 1. The quantitative estimate of drug-likeness (QED) is 0.892. The van der Waals surface area contributed by atoms with Gasteiger partial charge in [-0.1, -0.05) is 6.92 Å². The lowest BCUT2D eigenvalue weighted by atomic mass is 10.0. The Hall–Kier alpha value is -1.95. The number of carbonyl (C=O) groups is 1. The van der Waals surface area contributed by atoms with Gasteiger partial charge in [0.15, 0.2) is 5.65 Å². The van der Waals surface area contributed by atoms with Crippen LogP contribution in [0.1, 0.15) is 41.3 Å². The summed E-state index contributed by atoms with van der Waals surface area (Å²) in [5.41, 5.74) is 3.52. The first kappa shape index (κ1) is 15.4. The van der Waals surface area contributed by atoms with Gasteiger partial charge in [0.25, 0.3) is 5.91 Å². The number of aryl methyl sites for hydroxylation is 3. The lowest BCUT2D eigenvalue weighted by Crippen LogP contribution is -2.38. The van der Waals surface area contributed by atoms with Crippen molar-refractivity contribution in [3.05, 3.63) is 28.7 Å². The fraction of sp³-hybridized carbons (Fsp3) is 0.533. The maximum absolute atomic E-state index is 12.5. The van der Waals surface area contributed by atoms with Crippen LogP contribution in [0.15, 0.2) is 6.07 Å². The number of amides is 1. The zero-order valence-electron chi connectivity index (χ0n) is 13.1. The molecule has 6 heteroatoms. The summed E-state index contributed by atoms with van der Waals surface area (Å²) in [6.07, 6.45) is 0. The van der Waals surface area contributed by atoms with Crippen LogP contribution in [0.3, 0.4) is 0 Å². The summed E-state index contributed by atoms with van der Waals surface area (Å²) in [4.78, 5) is 16.9. The molecule has 6 nitrogen and oxygen atoms in total. The SMILES string of the molecule is Cc1cc(C)n2nc(C)c(C(=O)NC(C)C(C)CO)c2n1. The summed E-state index contributed by atoms with van der Waals surface area (Å²) in [5, 5.41) is 16.5. The van der Waals surface area contributed by atoms with Crippen LogP contribution in [0, 0.1) is 26.7 Å². The fourth-order valence-electron chi connectivity index (χ4n) is 2.27. The van der Waals surface area contributed by atoms with Gasteiger partial charge in [0.2, 0.25) is 0 Å². The van der Waals surface area contributed by atoms with Gasteiger partial charge in [0.1, 0.15) is 5.56 Å². The number of hydrogen-bond acceptors (Lipinski definition) is 4. The van der Waals surface area contributed by atoms with Gasteiger partial charge in [-0.25, -0.2) is 9.50 Å². The second-order valence-corrected chi connectivity index (χ2v) is 5.66. The van der Waals surface area contributed by atoms with Crippen molar-refractivity contribution in [3.63, 3.8) is 0 Å². The molecule has 0 spiro atoms. The summed E-state index contributed by atoms with van der Waals surface area (Å²) < 4.78 is 1.69. The predicted octanol–water partition coefficient (Wildman–Crippen LogP) is 1.40. The van der Waals surface area contributed by atoms with Crippen LogP contribution >= 0.6 is 0 Å². The third-order valence-corrected chi connectivity index (χ3v) is 3.80. The predicted molar refractivity (Wildman–Crippen MR) is 80.4 cm³/mol. The average molecular weight is 290 g/mol. The van der Waals surface area contributed by atoms with Gasteiger partial charge in [-0.2, -0.15) is 5.10 Å². The second kappa shape index (κ2) is 5.81. The molecule has 2 N–H and O–H groups in total. The molecule has 0 aliphatic rings. The molecule has 0 bridgehead atoms. The molecule has 2 atom stereocenters. The molecule has 0 saturated heterocycles. The van der Waals surface area contributed by atoms with E-state index in [1.165, 1.54) is 0 Å². The monoisotopic (exact) mass is 290 g/mol. The third kappa shape index (κ3) is 2.90. The van der Waals surface area contributed by atoms with E-state index < -0.39 is 0 Å². The topological polar surface area (TPSA) is 79.5 Å². The van der Waals surface area contributed by atoms with E-state index in [0.29, 0.717) is 16.9 Å². The van der Waals surface area contributed by atoms with Crippen LogP contribution in [-0.4, -0.2) is 38.3 Å². The number of aromatic nitrogens is 3. The first-order chi connectivity index (χ1) is 9.85. The van der Waals surface area contributed by atoms with Gasteiger partial charge < -0.3 is 10.4 Å². The highest BCUT2D eigenvalue weighted by Crippen LogP contribution is 2.16. The number of nitrogens with one attached hydrogen (secondary N) is 1. The minimum absolute atomic E-state index is 0.00692. The second-order valence-electron chi connectivity index (χ2n) is 5.66. The van der Waals surface area contributed by atoms with Gasteiger partial charge in [-0.15, -0.1) is 0 Å². The van der Waals surface area contributed by atoms with E-state index in [0.717, 1.165) is 11.4 Å². The lowest BCUT2D eigenvalue weighted by molar-refractivity contribution is 0.0917. The van der Waals surface area contributed by atoms with Crippen molar-refractivity contribution in [2.24, 2.45) is 5.92 Å². The molecule has 2 heterocycles. The molecule has 2 aromatic heterocycles. The highest BCUT2D eigenvalue weighted by atomic mass is 16.3. The molecular weight excluding hydrogens is 268 g/mol. The number of fused-ring (bicyclic) bond motifs is 1. The molecule has 0 aromatic carbocycles. The van der Waals surface area contributed by atoms with Crippen LogP contribution in [0.25, 0.3) is 5.65 Å². The van der Waals surface area contributed by atoms with E-state index in [1.54, 1.807) is 11.4 Å². The van der Waals surface area contributed by atoms with Crippen LogP contribution in [-0.2, 0) is 0 Å². The maximum atomic E-state index is 12.5. The third-order valence-electron chi connectivity index (χ3n) is 3.80. The highest BCUT2D eigenvalue weighted by molar-refractivity contribution is 6.01. The molecule has 0 aliphatic heterocycles. The molecule has 0 radical (unpaired) electrons. The Morgan fingerprint density at radius 3 is 2.67 bits per heavy atom. The summed E-state index contributed by atoms with van der Waals surface area (Å²) in [7, 11) is 0. The Bertz CT molecular complexity index is 678. The molecule has 114 valence electrons. The molecule has 1 amide bonds. The number of hydrogen-bond donors (Lipinski definition) is 2. The molecule has 2 rings (SSSR count). The Morgan fingerprint density at radius 2 is 2.05 bits per heavy atom. The molecule has 2 unspecified atom stereocenters. The van der Waals surface area contributed by atoms with Gasteiger partial charge in [0.05, 0.1) is 5.69 Å². The minimum Gasteiger partial charge on any atom is -0.396 e. The van der Waals surface area contributed by atoms with Crippen LogP contribution in [0.2, 0.25) is 0 Å². The molecular formula is C15H22N4O2. The normalized spacial score (nSPS) is 14.2. The Labute approximate surface area is 124 Å². The number of nitrogens with zero attached hydrogens (tertiary/aromatic N) is 3. The molecule has 21 heavy (non-hydrogen) atoms. The van der Waals surface area contributed by atoms with Crippen molar-refractivity contribution in [2.75, 3.05) is 6.61 Å². The van der Waals surface area contributed by atoms with E-state index in [2.05, 4.69) is 15.4 Å². The van der Waals surface area contributed by atoms with Gasteiger partial charge >= 0.3 is 0 Å². The zero-order chi connectivity index (χ0) is 15.7. The van der Waals surface area contributed by atoms with Crippen molar-refractivity contribution in [1.29, 1.82) is 0 Å². The Kier molecular flexibility index (Phi) is 4.27. The summed E-state index contributed by atoms with van der Waals surface area (Å²) in [6.45, 7) is 9.44. The van der Waals surface area contributed by atoms with Gasteiger partial charge in [0, 0.05) is 24.0 Å². The van der Waals surface area contributed by atoms with Gasteiger partial charge in [-0.3, -0.25) is 4.79 Å². The maximum Gasteiger partial charge on any atom is 0.257 e. The van der Waals surface area contributed by atoms with Crippen LogP contribution < -0.4 is 5.32 Å². The van der Waals surface area contributed by atoms with Crippen molar-refractivity contribution in [3.8, 4) is 0 Å². The first-order valence-corrected chi connectivity index (χ1v) is 7.10. The van der Waals surface area contributed by atoms with E-state index in [9.17, 15) is 4.79 Å². The molecule has 2 aromatic rings. The largest absolute Gasteiger partial charge is 0.396 e. The van der Waals surface area contributed by atoms with E-state index in [-0.39, 0.29) is 24.5 Å². The smallest absolute Gasteiger partial charge is 0.257 e. The Balaban J connectivity index is 2.42. The lowest BCUT2D eigenvalue weighted by Gasteiger charge is -2.19.